The van der Waals surface area contributed by atoms with Crippen LogP contribution in [0, 0.1) is 11.3 Å². The fraction of sp³-hybridized carbons (Fsp3) is 0.400. The lowest BCUT2D eigenvalue weighted by atomic mass is 10.0. The number of carboxylic acids is 1. The van der Waals surface area contributed by atoms with Crippen LogP contribution in [0.1, 0.15) is 28.6 Å². The first-order chi connectivity index (χ1) is 8.51. The average Bonchev–Trinajstić information content (AvgIpc) is 2.37. The normalized spacial score (nSPS) is 13.7. The average molecular weight is 269 g/mol. The number of nitrogens with zero attached hydrogens (tertiary/aromatic N) is 3. The van der Waals surface area contributed by atoms with Crippen molar-refractivity contribution in [1.29, 1.82) is 5.26 Å². The van der Waals surface area contributed by atoms with Crippen LogP contribution < -0.4 is 0 Å². The molecule has 1 aromatic heterocycles. The Kier molecular flexibility index (Phi) is 5.03. The van der Waals surface area contributed by atoms with Crippen molar-refractivity contribution in [2.45, 2.75) is 23.8 Å². The van der Waals surface area contributed by atoms with Gasteiger partial charge in [-0.15, -0.1) is 0 Å². The summed E-state index contributed by atoms with van der Waals surface area (Å²) in [6, 6.07) is 1.69. The van der Waals surface area contributed by atoms with E-state index >= 15 is 0 Å². The Hall–Kier alpha value is -1.69. The SMILES string of the molecule is CSc1ncc(C(O)C(O)CC#N)c(C(=O)O)n1. The van der Waals surface area contributed by atoms with Crippen molar-refractivity contribution in [3.8, 4) is 6.07 Å². The first-order valence-corrected chi connectivity index (χ1v) is 6.11. The van der Waals surface area contributed by atoms with E-state index in [1.807, 2.05) is 0 Å². The van der Waals surface area contributed by atoms with E-state index in [1.54, 1.807) is 12.3 Å². The van der Waals surface area contributed by atoms with Crippen molar-refractivity contribution in [3.05, 3.63) is 17.5 Å². The first-order valence-electron chi connectivity index (χ1n) is 4.88. The molecule has 0 aliphatic carbocycles. The summed E-state index contributed by atoms with van der Waals surface area (Å²) < 4.78 is 0. The Morgan fingerprint density at radius 3 is 2.78 bits per heavy atom. The Labute approximate surface area is 107 Å². The Bertz CT molecular complexity index is 489. The van der Waals surface area contributed by atoms with Crippen molar-refractivity contribution < 1.29 is 20.1 Å². The van der Waals surface area contributed by atoms with Gasteiger partial charge in [-0.05, 0) is 6.26 Å². The summed E-state index contributed by atoms with van der Waals surface area (Å²) in [5.41, 5.74) is -0.484. The highest BCUT2D eigenvalue weighted by molar-refractivity contribution is 7.98. The van der Waals surface area contributed by atoms with E-state index in [0.29, 0.717) is 0 Å². The van der Waals surface area contributed by atoms with Gasteiger partial charge in [-0.1, -0.05) is 11.8 Å². The Morgan fingerprint density at radius 1 is 1.61 bits per heavy atom. The summed E-state index contributed by atoms with van der Waals surface area (Å²) in [6.07, 6.45) is -0.372. The van der Waals surface area contributed by atoms with Crippen LogP contribution in [0.15, 0.2) is 11.4 Å². The molecule has 2 atom stereocenters. The smallest absolute Gasteiger partial charge is 0.355 e. The predicted octanol–water partition coefficient (Wildman–Crippen LogP) is 0.205. The summed E-state index contributed by atoms with van der Waals surface area (Å²) in [7, 11) is 0. The van der Waals surface area contributed by atoms with Gasteiger partial charge in [0, 0.05) is 11.8 Å². The van der Waals surface area contributed by atoms with Crippen molar-refractivity contribution in [2.24, 2.45) is 0 Å². The van der Waals surface area contributed by atoms with E-state index in [-0.39, 0.29) is 22.8 Å². The summed E-state index contributed by atoms with van der Waals surface area (Å²) in [5.74, 6) is -1.33. The molecular formula is C10H11N3O4S. The molecule has 1 aromatic rings. The Balaban J connectivity index is 3.15. The largest absolute Gasteiger partial charge is 0.476 e. The molecule has 1 rings (SSSR count). The zero-order valence-electron chi connectivity index (χ0n) is 9.44. The molecule has 0 saturated carbocycles. The van der Waals surface area contributed by atoms with Crippen LogP contribution in [-0.4, -0.2) is 43.6 Å². The fourth-order valence-corrected chi connectivity index (χ4v) is 1.61. The van der Waals surface area contributed by atoms with Crippen molar-refractivity contribution in [2.75, 3.05) is 6.26 Å². The summed E-state index contributed by atoms with van der Waals surface area (Å²) in [5, 5.41) is 36.9. The molecule has 0 fully saturated rings. The van der Waals surface area contributed by atoms with Crippen LogP contribution in [0.4, 0.5) is 0 Å². The van der Waals surface area contributed by atoms with Crippen LogP contribution in [0.2, 0.25) is 0 Å². The van der Waals surface area contributed by atoms with Crippen molar-refractivity contribution in [1.82, 2.24) is 9.97 Å². The zero-order valence-corrected chi connectivity index (χ0v) is 10.3. The molecule has 7 nitrogen and oxygen atoms in total. The maximum absolute atomic E-state index is 11.0. The summed E-state index contributed by atoms with van der Waals surface area (Å²) in [6.45, 7) is 0. The number of carboxylic acid groups (broad SMARTS) is 1. The number of hydrogen-bond donors (Lipinski definition) is 3. The number of aromatic carboxylic acids is 1. The van der Waals surface area contributed by atoms with Gasteiger partial charge >= 0.3 is 5.97 Å². The highest BCUT2D eigenvalue weighted by atomic mass is 32.2. The summed E-state index contributed by atoms with van der Waals surface area (Å²) in [4.78, 5) is 18.6. The first kappa shape index (κ1) is 14.4. The molecule has 3 N–H and O–H groups in total. The molecule has 0 radical (unpaired) electrons. The number of nitriles is 1. The van der Waals surface area contributed by atoms with E-state index in [9.17, 15) is 15.0 Å². The van der Waals surface area contributed by atoms with Gasteiger partial charge in [0.2, 0.25) is 0 Å². The number of aromatic nitrogens is 2. The molecule has 0 spiro atoms. The third-order valence-electron chi connectivity index (χ3n) is 2.16. The second-order valence-corrected chi connectivity index (χ2v) is 4.11. The molecule has 0 bridgehead atoms. The lowest BCUT2D eigenvalue weighted by Gasteiger charge is -2.16. The van der Waals surface area contributed by atoms with Gasteiger partial charge in [-0.2, -0.15) is 5.26 Å². The van der Waals surface area contributed by atoms with Crippen molar-refractivity contribution >= 4 is 17.7 Å². The van der Waals surface area contributed by atoms with Gasteiger partial charge in [-0.25, -0.2) is 14.8 Å². The molecule has 0 aliphatic heterocycles. The molecule has 8 heteroatoms. The predicted molar refractivity (Wildman–Crippen MR) is 62.0 cm³/mol. The highest BCUT2D eigenvalue weighted by Crippen LogP contribution is 2.22. The maximum Gasteiger partial charge on any atom is 0.355 e. The topological polar surface area (TPSA) is 127 Å². The number of aliphatic hydroxyl groups is 2. The van der Waals surface area contributed by atoms with Gasteiger partial charge in [0.1, 0.15) is 6.10 Å². The van der Waals surface area contributed by atoms with Crippen molar-refractivity contribution in [3.63, 3.8) is 0 Å². The molecule has 0 amide bonds. The van der Waals surface area contributed by atoms with E-state index in [4.69, 9.17) is 10.4 Å². The second kappa shape index (κ2) is 6.30. The minimum atomic E-state index is -1.51. The Morgan fingerprint density at radius 2 is 2.28 bits per heavy atom. The van der Waals surface area contributed by atoms with Gasteiger partial charge in [0.25, 0.3) is 0 Å². The molecule has 0 saturated heterocycles. The number of rotatable bonds is 5. The molecule has 18 heavy (non-hydrogen) atoms. The maximum atomic E-state index is 11.0. The van der Waals surface area contributed by atoms with Gasteiger partial charge in [0.05, 0.1) is 18.6 Å². The minimum absolute atomic E-state index is 0.108. The monoisotopic (exact) mass is 269 g/mol. The van der Waals surface area contributed by atoms with E-state index in [0.717, 1.165) is 18.0 Å². The standard InChI is InChI=1S/C10H11N3O4S/c1-18-10-12-4-5(7(13-10)9(16)17)8(15)6(14)2-3-11/h4,6,8,14-15H,2H2,1H3,(H,16,17). The molecule has 0 aromatic carbocycles. The third kappa shape index (κ3) is 3.16. The van der Waals surface area contributed by atoms with Crippen LogP contribution in [0.5, 0.6) is 0 Å². The van der Waals surface area contributed by atoms with Crippen LogP contribution in [0.25, 0.3) is 0 Å². The van der Waals surface area contributed by atoms with E-state index in [1.165, 1.54) is 0 Å². The molecule has 2 unspecified atom stereocenters. The lowest BCUT2D eigenvalue weighted by molar-refractivity contribution is 0.0199. The number of hydrogen-bond acceptors (Lipinski definition) is 7. The molecule has 1 heterocycles. The number of carbonyl (C=O) groups is 1. The summed E-state index contributed by atoms with van der Waals surface area (Å²) >= 11 is 1.16. The quantitative estimate of drug-likeness (QED) is 0.511. The third-order valence-corrected chi connectivity index (χ3v) is 2.73. The van der Waals surface area contributed by atoms with Gasteiger partial charge < -0.3 is 15.3 Å². The number of thioether (sulfide) groups is 1. The highest BCUT2D eigenvalue weighted by Gasteiger charge is 2.25. The zero-order chi connectivity index (χ0) is 13.7. The molecule has 96 valence electrons. The number of aliphatic hydroxyl groups excluding tert-OH is 2. The van der Waals surface area contributed by atoms with Crippen LogP contribution >= 0.6 is 11.8 Å². The second-order valence-electron chi connectivity index (χ2n) is 3.34. The molecule has 0 aliphatic rings. The van der Waals surface area contributed by atoms with Crippen LogP contribution in [-0.2, 0) is 0 Å². The lowest BCUT2D eigenvalue weighted by Crippen LogP contribution is -2.21. The van der Waals surface area contributed by atoms with Gasteiger partial charge in [-0.3, -0.25) is 0 Å². The minimum Gasteiger partial charge on any atom is -0.476 e. The van der Waals surface area contributed by atoms with E-state index < -0.39 is 18.2 Å². The van der Waals surface area contributed by atoms with Crippen LogP contribution in [0.3, 0.4) is 0 Å². The fourth-order valence-electron chi connectivity index (χ4n) is 1.27. The molecular weight excluding hydrogens is 258 g/mol. The van der Waals surface area contributed by atoms with E-state index in [2.05, 4.69) is 9.97 Å². The van der Waals surface area contributed by atoms with Gasteiger partial charge in [0.15, 0.2) is 10.9 Å².